The van der Waals surface area contributed by atoms with Gasteiger partial charge in [-0.2, -0.15) is 0 Å². The number of nitrogens with zero attached hydrogens (tertiary/aromatic N) is 1. The lowest BCUT2D eigenvalue weighted by Crippen LogP contribution is -2.43. The number of rotatable bonds is 2. The second kappa shape index (κ2) is 3.58. The van der Waals surface area contributed by atoms with E-state index < -0.39 is 0 Å². The molecule has 2 rings (SSSR count). The van der Waals surface area contributed by atoms with E-state index in [0.717, 1.165) is 11.8 Å². The van der Waals surface area contributed by atoms with Crippen LogP contribution in [0, 0.1) is 11.8 Å². The third-order valence-electron chi connectivity index (χ3n) is 4.09. The van der Waals surface area contributed by atoms with E-state index in [4.69, 9.17) is 5.73 Å². The van der Waals surface area contributed by atoms with E-state index >= 15 is 0 Å². The van der Waals surface area contributed by atoms with Crippen molar-refractivity contribution in [2.75, 3.05) is 13.1 Å². The van der Waals surface area contributed by atoms with E-state index in [0.29, 0.717) is 12.1 Å². The minimum absolute atomic E-state index is 0.318. The number of likely N-dealkylation sites (tertiary alicyclic amines) is 1. The smallest absolute Gasteiger partial charge is 0.0216 e. The van der Waals surface area contributed by atoms with Gasteiger partial charge < -0.3 is 5.73 Å². The molecule has 4 atom stereocenters. The standard InChI is InChI=1S/C11H22N2/c1-8(12)9(2)13-6-10-4-3-5-11(10)7-13/h8-11H,3-7,12H2,1-2H3. The van der Waals surface area contributed by atoms with Gasteiger partial charge in [-0.3, -0.25) is 4.90 Å². The van der Waals surface area contributed by atoms with Gasteiger partial charge in [0.15, 0.2) is 0 Å². The first-order valence-electron chi connectivity index (χ1n) is 5.68. The Morgan fingerprint density at radius 2 is 1.69 bits per heavy atom. The van der Waals surface area contributed by atoms with Gasteiger partial charge in [0.2, 0.25) is 0 Å². The first kappa shape index (κ1) is 9.47. The Balaban J connectivity index is 1.91. The maximum atomic E-state index is 5.92. The summed E-state index contributed by atoms with van der Waals surface area (Å²) in [5.41, 5.74) is 5.92. The number of nitrogens with two attached hydrogens (primary N) is 1. The van der Waals surface area contributed by atoms with Gasteiger partial charge in [-0.25, -0.2) is 0 Å². The van der Waals surface area contributed by atoms with Crippen molar-refractivity contribution in [3.05, 3.63) is 0 Å². The molecule has 1 heterocycles. The largest absolute Gasteiger partial charge is 0.327 e. The van der Waals surface area contributed by atoms with E-state index in [2.05, 4.69) is 18.7 Å². The highest BCUT2D eigenvalue weighted by atomic mass is 15.2. The molecule has 2 N–H and O–H groups in total. The van der Waals surface area contributed by atoms with Crippen LogP contribution in [0.4, 0.5) is 0 Å². The highest BCUT2D eigenvalue weighted by Gasteiger charge is 2.38. The van der Waals surface area contributed by atoms with E-state index in [9.17, 15) is 0 Å². The molecule has 1 aliphatic heterocycles. The minimum atomic E-state index is 0.318. The molecular formula is C11H22N2. The van der Waals surface area contributed by atoms with E-state index in [1.807, 2.05) is 0 Å². The summed E-state index contributed by atoms with van der Waals surface area (Å²) in [4.78, 5) is 2.60. The molecule has 13 heavy (non-hydrogen) atoms. The summed E-state index contributed by atoms with van der Waals surface area (Å²) in [6.45, 7) is 7.02. The summed E-state index contributed by atoms with van der Waals surface area (Å²) < 4.78 is 0. The molecule has 0 aromatic heterocycles. The molecule has 0 aromatic carbocycles. The summed E-state index contributed by atoms with van der Waals surface area (Å²) in [7, 11) is 0. The van der Waals surface area contributed by atoms with Crippen molar-refractivity contribution in [2.45, 2.75) is 45.2 Å². The Hall–Kier alpha value is -0.0800. The lowest BCUT2D eigenvalue weighted by Gasteiger charge is -2.27. The molecule has 0 radical (unpaired) electrons. The number of fused-ring (bicyclic) bond motifs is 1. The fourth-order valence-electron chi connectivity index (χ4n) is 2.94. The molecular weight excluding hydrogens is 160 g/mol. The topological polar surface area (TPSA) is 29.3 Å². The maximum absolute atomic E-state index is 5.92. The van der Waals surface area contributed by atoms with Crippen LogP contribution in [0.1, 0.15) is 33.1 Å². The molecule has 76 valence electrons. The third-order valence-corrected chi connectivity index (χ3v) is 4.09. The fourth-order valence-corrected chi connectivity index (χ4v) is 2.94. The van der Waals surface area contributed by atoms with Crippen LogP contribution in [0.5, 0.6) is 0 Å². The van der Waals surface area contributed by atoms with Crippen LogP contribution in [-0.2, 0) is 0 Å². The molecule has 2 fully saturated rings. The van der Waals surface area contributed by atoms with Crippen LogP contribution < -0.4 is 5.73 Å². The zero-order valence-electron chi connectivity index (χ0n) is 8.87. The first-order chi connectivity index (χ1) is 6.18. The molecule has 1 saturated heterocycles. The van der Waals surface area contributed by atoms with Crippen molar-refractivity contribution in [3.8, 4) is 0 Å². The van der Waals surface area contributed by atoms with Crippen molar-refractivity contribution in [1.82, 2.24) is 4.90 Å². The van der Waals surface area contributed by atoms with Gasteiger partial charge in [0.1, 0.15) is 0 Å². The van der Waals surface area contributed by atoms with Crippen molar-refractivity contribution >= 4 is 0 Å². The zero-order chi connectivity index (χ0) is 9.42. The molecule has 4 unspecified atom stereocenters. The van der Waals surface area contributed by atoms with Gasteiger partial charge in [-0.1, -0.05) is 6.42 Å². The first-order valence-corrected chi connectivity index (χ1v) is 5.68. The second-order valence-corrected chi connectivity index (χ2v) is 5.00. The lowest BCUT2D eigenvalue weighted by atomic mass is 10.0. The van der Waals surface area contributed by atoms with Crippen LogP contribution in [0.25, 0.3) is 0 Å². The molecule has 2 aliphatic rings. The Kier molecular flexibility index (Phi) is 2.61. The van der Waals surface area contributed by atoms with Crippen molar-refractivity contribution in [3.63, 3.8) is 0 Å². The average Bonchev–Trinajstić information content (AvgIpc) is 2.59. The van der Waals surface area contributed by atoms with Gasteiger partial charge in [0.05, 0.1) is 0 Å². The van der Waals surface area contributed by atoms with E-state index in [-0.39, 0.29) is 0 Å². The maximum Gasteiger partial charge on any atom is 0.0216 e. The Morgan fingerprint density at radius 1 is 1.15 bits per heavy atom. The van der Waals surface area contributed by atoms with Crippen LogP contribution in [0.2, 0.25) is 0 Å². The average molecular weight is 182 g/mol. The molecule has 0 aromatic rings. The Morgan fingerprint density at radius 3 is 2.15 bits per heavy atom. The highest BCUT2D eigenvalue weighted by molar-refractivity contribution is 4.91. The summed E-state index contributed by atoms with van der Waals surface area (Å²) in [5.74, 6) is 2.00. The summed E-state index contributed by atoms with van der Waals surface area (Å²) >= 11 is 0. The van der Waals surface area contributed by atoms with Crippen LogP contribution >= 0.6 is 0 Å². The van der Waals surface area contributed by atoms with Crippen LogP contribution in [0.3, 0.4) is 0 Å². The fraction of sp³-hybridized carbons (Fsp3) is 1.00. The van der Waals surface area contributed by atoms with E-state index in [1.54, 1.807) is 0 Å². The number of hydrogen-bond donors (Lipinski definition) is 1. The summed E-state index contributed by atoms with van der Waals surface area (Å²) in [6, 6.07) is 0.893. The van der Waals surface area contributed by atoms with Crippen molar-refractivity contribution in [2.24, 2.45) is 17.6 Å². The lowest BCUT2D eigenvalue weighted by molar-refractivity contribution is 0.216. The van der Waals surface area contributed by atoms with Crippen molar-refractivity contribution < 1.29 is 0 Å². The molecule has 0 bridgehead atoms. The molecule has 1 aliphatic carbocycles. The minimum Gasteiger partial charge on any atom is -0.327 e. The predicted octanol–water partition coefficient (Wildman–Crippen LogP) is 1.45. The van der Waals surface area contributed by atoms with Gasteiger partial charge in [0, 0.05) is 25.2 Å². The van der Waals surface area contributed by atoms with Crippen LogP contribution in [0.15, 0.2) is 0 Å². The second-order valence-electron chi connectivity index (χ2n) is 5.00. The Labute approximate surface area is 81.5 Å². The van der Waals surface area contributed by atoms with Gasteiger partial charge >= 0.3 is 0 Å². The predicted molar refractivity (Wildman–Crippen MR) is 55.5 cm³/mol. The quantitative estimate of drug-likeness (QED) is 0.700. The summed E-state index contributed by atoms with van der Waals surface area (Å²) in [5, 5.41) is 0. The molecule has 2 heteroatoms. The SMILES string of the molecule is CC(N)C(C)N1CC2CCCC2C1. The Bertz CT molecular complexity index is 167. The molecule has 1 saturated carbocycles. The zero-order valence-corrected chi connectivity index (χ0v) is 8.87. The van der Waals surface area contributed by atoms with Crippen LogP contribution in [-0.4, -0.2) is 30.1 Å². The number of hydrogen-bond acceptors (Lipinski definition) is 2. The monoisotopic (exact) mass is 182 g/mol. The van der Waals surface area contributed by atoms with Gasteiger partial charge in [-0.15, -0.1) is 0 Å². The molecule has 0 amide bonds. The highest BCUT2D eigenvalue weighted by Crippen LogP contribution is 2.38. The molecule has 0 spiro atoms. The summed E-state index contributed by atoms with van der Waals surface area (Å²) in [6.07, 6.45) is 4.40. The van der Waals surface area contributed by atoms with Gasteiger partial charge in [0.25, 0.3) is 0 Å². The van der Waals surface area contributed by atoms with Gasteiger partial charge in [-0.05, 0) is 38.5 Å². The third kappa shape index (κ3) is 1.75. The van der Waals surface area contributed by atoms with E-state index in [1.165, 1.54) is 32.4 Å². The van der Waals surface area contributed by atoms with Crippen molar-refractivity contribution in [1.29, 1.82) is 0 Å². The normalized spacial score (nSPS) is 39.0. The molecule has 2 nitrogen and oxygen atoms in total.